The first-order valence-corrected chi connectivity index (χ1v) is 7.73. The summed E-state index contributed by atoms with van der Waals surface area (Å²) in [6.07, 6.45) is 7.70. The van der Waals surface area contributed by atoms with Gasteiger partial charge in [-0.2, -0.15) is 5.10 Å². The summed E-state index contributed by atoms with van der Waals surface area (Å²) in [7, 11) is 0. The van der Waals surface area contributed by atoms with Gasteiger partial charge in [-0.05, 0) is 31.7 Å². The lowest BCUT2D eigenvalue weighted by Crippen LogP contribution is -2.47. The van der Waals surface area contributed by atoms with Crippen LogP contribution in [0.4, 0.5) is 0 Å². The molecule has 6 heteroatoms. The normalized spacial score (nSPS) is 25.3. The summed E-state index contributed by atoms with van der Waals surface area (Å²) >= 11 is 0. The zero-order chi connectivity index (χ0) is 14.7. The highest BCUT2D eigenvalue weighted by Gasteiger charge is 2.46. The topological polar surface area (TPSA) is 67.2 Å². The number of rotatable bonds is 4. The monoisotopic (exact) mass is 290 g/mol. The number of amides is 2. The van der Waals surface area contributed by atoms with Crippen molar-refractivity contribution in [1.29, 1.82) is 0 Å². The first kappa shape index (κ1) is 14.1. The van der Waals surface area contributed by atoms with E-state index in [1.165, 1.54) is 0 Å². The van der Waals surface area contributed by atoms with Crippen molar-refractivity contribution in [3.05, 3.63) is 18.5 Å². The van der Waals surface area contributed by atoms with E-state index in [1.54, 1.807) is 6.20 Å². The fraction of sp³-hybridized carbons (Fsp3) is 0.667. The van der Waals surface area contributed by atoms with Crippen LogP contribution in [0.1, 0.15) is 32.1 Å². The minimum Gasteiger partial charge on any atom is -0.356 e. The summed E-state index contributed by atoms with van der Waals surface area (Å²) in [4.78, 5) is 26.2. The number of hydrogen-bond acceptors (Lipinski definition) is 3. The number of carbonyl (C=O) groups is 2. The third kappa shape index (κ3) is 2.94. The van der Waals surface area contributed by atoms with Crippen LogP contribution in [-0.2, 0) is 16.1 Å². The predicted molar refractivity (Wildman–Crippen MR) is 77.3 cm³/mol. The van der Waals surface area contributed by atoms with Crippen LogP contribution < -0.4 is 5.32 Å². The Morgan fingerprint density at radius 1 is 1.43 bits per heavy atom. The molecule has 1 aromatic rings. The molecule has 0 unspecified atom stereocenters. The van der Waals surface area contributed by atoms with Crippen molar-refractivity contribution < 1.29 is 9.59 Å². The lowest BCUT2D eigenvalue weighted by molar-refractivity contribution is -0.134. The summed E-state index contributed by atoms with van der Waals surface area (Å²) in [5, 5.41) is 7.08. The third-order valence-electron chi connectivity index (χ3n) is 4.64. The Morgan fingerprint density at radius 2 is 2.33 bits per heavy atom. The molecule has 2 aliphatic rings. The number of carbonyl (C=O) groups excluding carboxylic acids is 2. The smallest absolute Gasteiger partial charge is 0.228 e. The van der Waals surface area contributed by atoms with Crippen LogP contribution >= 0.6 is 0 Å². The lowest BCUT2D eigenvalue weighted by atomic mass is 9.79. The molecule has 1 atom stereocenters. The molecule has 3 heterocycles. The maximum absolute atomic E-state index is 12.3. The second kappa shape index (κ2) is 5.87. The lowest BCUT2D eigenvalue weighted by Gasteiger charge is -2.32. The Bertz CT molecular complexity index is 514. The highest BCUT2D eigenvalue weighted by Crippen LogP contribution is 2.37. The van der Waals surface area contributed by atoms with Crippen LogP contribution in [0.15, 0.2) is 18.5 Å². The van der Waals surface area contributed by atoms with Crippen LogP contribution in [0, 0.1) is 5.41 Å². The van der Waals surface area contributed by atoms with Crippen molar-refractivity contribution in [1.82, 2.24) is 20.0 Å². The Balaban J connectivity index is 1.49. The zero-order valence-electron chi connectivity index (χ0n) is 12.3. The van der Waals surface area contributed by atoms with E-state index >= 15 is 0 Å². The van der Waals surface area contributed by atoms with E-state index in [0.717, 1.165) is 38.8 Å². The van der Waals surface area contributed by atoms with E-state index in [0.29, 0.717) is 19.5 Å². The molecule has 2 aliphatic heterocycles. The molecular weight excluding hydrogens is 268 g/mol. The Labute approximate surface area is 124 Å². The van der Waals surface area contributed by atoms with Crippen LogP contribution in [-0.4, -0.2) is 46.1 Å². The highest BCUT2D eigenvalue weighted by molar-refractivity contribution is 5.85. The number of likely N-dealkylation sites (tertiary alicyclic amines) is 1. The van der Waals surface area contributed by atoms with Crippen molar-refractivity contribution in [3.63, 3.8) is 0 Å². The second-order valence-electron chi connectivity index (χ2n) is 6.08. The minimum atomic E-state index is -0.310. The fourth-order valence-electron chi connectivity index (χ4n) is 3.39. The Hall–Kier alpha value is -1.85. The largest absolute Gasteiger partial charge is 0.356 e. The van der Waals surface area contributed by atoms with Crippen molar-refractivity contribution >= 4 is 11.8 Å². The van der Waals surface area contributed by atoms with Crippen molar-refractivity contribution in [3.8, 4) is 0 Å². The van der Waals surface area contributed by atoms with Gasteiger partial charge in [0.25, 0.3) is 0 Å². The highest BCUT2D eigenvalue weighted by atomic mass is 16.2. The van der Waals surface area contributed by atoms with Gasteiger partial charge in [0.2, 0.25) is 11.8 Å². The molecule has 6 nitrogen and oxygen atoms in total. The first-order valence-electron chi connectivity index (χ1n) is 7.73. The summed E-state index contributed by atoms with van der Waals surface area (Å²) in [6, 6.07) is 1.88. The standard InChI is InChI=1S/C15H22N4O2/c20-13(4-1-9-19-10-3-8-17-19)18-11-6-15(12-18)5-2-7-16-14(15)21/h3,8,10H,1-2,4-7,9,11-12H2,(H,16,21)/t15-/m0/s1. The molecule has 114 valence electrons. The third-order valence-corrected chi connectivity index (χ3v) is 4.64. The SMILES string of the molecule is O=C(CCCn1cccn1)N1CC[C@@]2(CCCNC2=O)C1. The van der Waals surface area contributed by atoms with Crippen LogP contribution in [0.5, 0.6) is 0 Å². The molecule has 0 aromatic carbocycles. The number of nitrogens with zero attached hydrogens (tertiary/aromatic N) is 3. The second-order valence-corrected chi connectivity index (χ2v) is 6.08. The van der Waals surface area contributed by atoms with E-state index in [-0.39, 0.29) is 17.2 Å². The summed E-state index contributed by atoms with van der Waals surface area (Å²) in [6.45, 7) is 2.85. The molecule has 0 radical (unpaired) electrons. The minimum absolute atomic E-state index is 0.139. The van der Waals surface area contributed by atoms with E-state index < -0.39 is 0 Å². The zero-order valence-corrected chi connectivity index (χ0v) is 12.3. The molecule has 2 amide bonds. The fourth-order valence-corrected chi connectivity index (χ4v) is 3.39. The average molecular weight is 290 g/mol. The number of aryl methyl sites for hydroxylation is 1. The molecule has 1 N–H and O–H groups in total. The predicted octanol–water partition coefficient (Wildman–Crippen LogP) is 0.792. The van der Waals surface area contributed by atoms with Crippen molar-refractivity contribution in [2.24, 2.45) is 5.41 Å². The number of hydrogen-bond donors (Lipinski definition) is 1. The molecule has 1 aromatic heterocycles. The van der Waals surface area contributed by atoms with Gasteiger partial charge >= 0.3 is 0 Å². The maximum Gasteiger partial charge on any atom is 0.228 e. The van der Waals surface area contributed by atoms with E-state index in [4.69, 9.17) is 0 Å². The van der Waals surface area contributed by atoms with Gasteiger partial charge in [-0.25, -0.2) is 0 Å². The van der Waals surface area contributed by atoms with Crippen LogP contribution in [0.2, 0.25) is 0 Å². The molecule has 3 rings (SSSR count). The molecule has 2 saturated heterocycles. The molecule has 1 spiro atoms. The van der Waals surface area contributed by atoms with Gasteiger partial charge in [-0.15, -0.1) is 0 Å². The van der Waals surface area contributed by atoms with E-state index in [1.807, 2.05) is 21.8 Å². The van der Waals surface area contributed by atoms with Gasteiger partial charge < -0.3 is 10.2 Å². The van der Waals surface area contributed by atoms with Gasteiger partial charge in [0.05, 0.1) is 5.41 Å². The number of piperidine rings is 1. The quantitative estimate of drug-likeness (QED) is 0.891. The molecule has 0 bridgehead atoms. The number of nitrogens with one attached hydrogen (secondary N) is 1. The summed E-state index contributed by atoms with van der Waals surface area (Å²) in [5.74, 6) is 0.304. The first-order chi connectivity index (χ1) is 10.2. The van der Waals surface area contributed by atoms with Gasteiger partial charge in [0, 0.05) is 45.0 Å². The molecule has 0 aliphatic carbocycles. The van der Waals surface area contributed by atoms with Gasteiger partial charge in [-0.1, -0.05) is 0 Å². The van der Waals surface area contributed by atoms with Crippen molar-refractivity contribution in [2.75, 3.05) is 19.6 Å². The Kier molecular flexibility index (Phi) is 3.94. The summed E-state index contributed by atoms with van der Waals surface area (Å²) in [5.41, 5.74) is -0.310. The van der Waals surface area contributed by atoms with Crippen molar-refractivity contribution in [2.45, 2.75) is 38.6 Å². The Morgan fingerprint density at radius 3 is 3.10 bits per heavy atom. The summed E-state index contributed by atoms with van der Waals surface area (Å²) < 4.78 is 1.84. The number of aromatic nitrogens is 2. The van der Waals surface area contributed by atoms with Gasteiger partial charge in [0.15, 0.2) is 0 Å². The van der Waals surface area contributed by atoms with Crippen LogP contribution in [0.25, 0.3) is 0 Å². The molecule has 21 heavy (non-hydrogen) atoms. The maximum atomic E-state index is 12.3. The molecule has 0 saturated carbocycles. The van der Waals surface area contributed by atoms with E-state index in [9.17, 15) is 9.59 Å². The van der Waals surface area contributed by atoms with Gasteiger partial charge in [0.1, 0.15) is 0 Å². The van der Waals surface area contributed by atoms with E-state index in [2.05, 4.69) is 10.4 Å². The van der Waals surface area contributed by atoms with Gasteiger partial charge in [-0.3, -0.25) is 14.3 Å². The molecule has 2 fully saturated rings. The average Bonchev–Trinajstić information content (AvgIpc) is 3.13. The van der Waals surface area contributed by atoms with Crippen LogP contribution in [0.3, 0.4) is 0 Å². The molecular formula is C15H22N4O2.